The molecule has 0 fully saturated rings. The molecule has 0 aliphatic carbocycles. The Morgan fingerprint density at radius 3 is 2.22 bits per heavy atom. The van der Waals surface area contributed by atoms with Gasteiger partial charge in [0, 0.05) is 5.56 Å². The molecule has 6 heteroatoms. The first-order chi connectivity index (χ1) is 12.9. The molecule has 2 aromatic carbocycles. The molecule has 4 nitrogen and oxygen atoms in total. The minimum absolute atomic E-state index is 0.0842. The first kappa shape index (κ1) is 20.1. The molecule has 0 saturated carbocycles. The summed E-state index contributed by atoms with van der Waals surface area (Å²) in [5.74, 6) is 2.01. The van der Waals surface area contributed by atoms with Crippen LogP contribution in [-0.4, -0.2) is 24.4 Å². The van der Waals surface area contributed by atoms with Crippen molar-refractivity contribution in [3.05, 3.63) is 71.3 Å². The van der Waals surface area contributed by atoms with Crippen LogP contribution in [0.15, 0.2) is 48.5 Å². The van der Waals surface area contributed by atoms with Gasteiger partial charge in [0.1, 0.15) is 23.2 Å². The number of hydrogen-bond donors (Lipinski definition) is 2. The third kappa shape index (κ3) is 5.65. The zero-order chi connectivity index (χ0) is 19.8. The number of carbonyl (C=O) groups excluding carboxylic acids is 2. The Labute approximate surface area is 157 Å². The van der Waals surface area contributed by atoms with E-state index in [4.69, 9.17) is 0 Å². The lowest BCUT2D eigenvalue weighted by Gasteiger charge is -2.21. The summed E-state index contributed by atoms with van der Waals surface area (Å²) in [5.41, 5.74) is 0.107. The molecular formula is C21H20F2N2O2. The molecule has 0 aliphatic rings. The van der Waals surface area contributed by atoms with Crippen molar-refractivity contribution in [2.45, 2.75) is 19.9 Å². The van der Waals surface area contributed by atoms with Gasteiger partial charge in [-0.05, 0) is 30.2 Å². The number of carbonyl (C=O) groups is 2. The minimum Gasteiger partial charge on any atom is -0.343 e. The summed E-state index contributed by atoms with van der Waals surface area (Å²) in [4.78, 5) is 24.6. The highest BCUT2D eigenvalue weighted by atomic mass is 19.1. The van der Waals surface area contributed by atoms with E-state index in [1.807, 2.05) is 30.3 Å². The maximum absolute atomic E-state index is 13.7. The number of rotatable bonds is 5. The Kier molecular flexibility index (Phi) is 7.07. The van der Waals surface area contributed by atoms with Gasteiger partial charge in [-0.3, -0.25) is 9.59 Å². The number of halogens is 2. The lowest BCUT2D eigenvalue weighted by Crippen LogP contribution is -2.50. The highest BCUT2D eigenvalue weighted by Crippen LogP contribution is 2.13. The van der Waals surface area contributed by atoms with Crippen LogP contribution in [0.25, 0.3) is 0 Å². The standard InChI is InChI=1S/C21H20F2N2O2/c1-14(2)19(25-20(26)18-16(22)11-6-12-17(18)23)21(27)24-13-7-10-15-8-4-3-5-9-15/h3-6,8-9,11-12,14,19H,13H2,1-2H3,(H,24,27)(H,25,26). The first-order valence-corrected chi connectivity index (χ1v) is 8.46. The fourth-order valence-electron chi connectivity index (χ4n) is 2.37. The molecule has 0 aliphatic heterocycles. The van der Waals surface area contributed by atoms with E-state index in [1.54, 1.807) is 13.8 Å². The Morgan fingerprint density at radius 2 is 1.63 bits per heavy atom. The average Bonchev–Trinajstić information content (AvgIpc) is 2.63. The molecule has 0 saturated heterocycles. The van der Waals surface area contributed by atoms with Crippen LogP contribution in [0, 0.1) is 29.4 Å². The average molecular weight is 370 g/mol. The molecule has 0 radical (unpaired) electrons. The summed E-state index contributed by atoms with van der Waals surface area (Å²) in [7, 11) is 0. The van der Waals surface area contributed by atoms with E-state index in [0.29, 0.717) is 0 Å². The number of nitrogens with one attached hydrogen (secondary N) is 2. The molecule has 1 atom stereocenters. The molecule has 0 heterocycles. The predicted octanol–water partition coefficient (Wildman–Crippen LogP) is 2.89. The van der Waals surface area contributed by atoms with E-state index >= 15 is 0 Å². The van der Waals surface area contributed by atoms with Crippen molar-refractivity contribution < 1.29 is 18.4 Å². The maximum atomic E-state index is 13.7. The summed E-state index contributed by atoms with van der Waals surface area (Å²) < 4.78 is 27.5. The third-order valence-corrected chi connectivity index (χ3v) is 3.78. The zero-order valence-electron chi connectivity index (χ0n) is 15.1. The summed E-state index contributed by atoms with van der Waals surface area (Å²) in [6.45, 7) is 3.52. The van der Waals surface area contributed by atoms with Crippen molar-refractivity contribution in [2.75, 3.05) is 6.54 Å². The molecular weight excluding hydrogens is 350 g/mol. The second kappa shape index (κ2) is 9.48. The van der Waals surface area contributed by atoms with Crippen LogP contribution in [0.1, 0.15) is 29.8 Å². The van der Waals surface area contributed by atoms with Gasteiger partial charge in [0.15, 0.2) is 0 Å². The van der Waals surface area contributed by atoms with Crippen molar-refractivity contribution in [3.8, 4) is 11.8 Å². The number of benzene rings is 2. The third-order valence-electron chi connectivity index (χ3n) is 3.78. The second-order valence-corrected chi connectivity index (χ2v) is 6.18. The highest BCUT2D eigenvalue weighted by molar-refractivity contribution is 5.98. The van der Waals surface area contributed by atoms with Crippen molar-refractivity contribution in [1.29, 1.82) is 0 Å². The topological polar surface area (TPSA) is 58.2 Å². The fourth-order valence-corrected chi connectivity index (χ4v) is 2.37. The van der Waals surface area contributed by atoms with Crippen molar-refractivity contribution >= 4 is 11.8 Å². The van der Waals surface area contributed by atoms with Gasteiger partial charge < -0.3 is 10.6 Å². The molecule has 0 aromatic heterocycles. The number of hydrogen-bond acceptors (Lipinski definition) is 2. The second-order valence-electron chi connectivity index (χ2n) is 6.18. The Morgan fingerprint density at radius 1 is 1.00 bits per heavy atom. The van der Waals surface area contributed by atoms with E-state index in [0.717, 1.165) is 17.7 Å². The summed E-state index contributed by atoms with van der Waals surface area (Å²) in [6, 6.07) is 11.5. The molecule has 27 heavy (non-hydrogen) atoms. The van der Waals surface area contributed by atoms with Gasteiger partial charge in [0.2, 0.25) is 5.91 Å². The van der Waals surface area contributed by atoms with Gasteiger partial charge in [-0.1, -0.05) is 50.0 Å². The van der Waals surface area contributed by atoms with Crippen LogP contribution in [0.3, 0.4) is 0 Å². The first-order valence-electron chi connectivity index (χ1n) is 8.46. The molecule has 2 amide bonds. The van der Waals surface area contributed by atoms with Gasteiger partial charge >= 0.3 is 0 Å². The van der Waals surface area contributed by atoms with Gasteiger partial charge in [-0.2, -0.15) is 0 Å². The smallest absolute Gasteiger partial charge is 0.257 e. The normalized spacial score (nSPS) is 11.3. The van der Waals surface area contributed by atoms with Crippen LogP contribution in [0.4, 0.5) is 8.78 Å². The van der Waals surface area contributed by atoms with Gasteiger partial charge in [-0.25, -0.2) is 8.78 Å². The summed E-state index contributed by atoms with van der Waals surface area (Å²) in [5, 5.41) is 5.00. The van der Waals surface area contributed by atoms with E-state index in [1.165, 1.54) is 6.07 Å². The summed E-state index contributed by atoms with van der Waals surface area (Å²) in [6.07, 6.45) is 0. The molecule has 140 valence electrons. The molecule has 1 unspecified atom stereocenters. The van der Waals surface area contributed by atoms with Crippen LogP contribution in [-0.2, 0) is 4.79 Å². The Hall–Kier alpha value is -3.20. The monoisotopic (exact) mass is 370 g/mol. The molecule has 0 bridgehead atoms. The van der Waals surface area contributed by atoms with Crippen LogP contribution in [0.5, 0.6) is 0 Å². The lowest BCUT2D eigenvalue weighted by molar-refractivity contribution is -0.123. The molecule has 2 N–H and O–H groups in total. The summed E-state index contributed by atoms with van der Waals surface area (Å²) >= 11 is 0. The van der Waals surface area contributed by atoms with Gasteiger partial charge in [0.25, 0.3) is 5.91 Å². The number of amides is 2. The van der Waals surface area contributed by atoms with E-state index in [2.05, 4.69) is 22.5 Å². The van der Waals surface area contributed by atoms with Crippen molar-refractivity contribution in [1.82, 2.24) is 10.6 Å². The van der Waals surface area contributed by atoms with E-state index in [9.17, 15) is 18.4 Å². The quantitative estimate of drug-likeness (QED) is 0.795. The molecule has 0 spiro atoms. The SMILES string of the molecule is CC(C)C(NC(=O)c1c(F)cccc1F)C(=O)NCC#Cc1ccccc1. The zero-order valence-corrected chi connectivity index (χ0v) is 15.1. The highest BCUT2D eigenvalue weighted by Gasteiger charge is 2.26. The van der Waals surface area contributed by atoms with Crippen molar-refractivity contribution in [2.24, 2.45) is 5.92 Å². The Bertz CT molecular complexity index is 850. The maximum Gasteiger partial charge on any atom is 0.257 e. The largest absolute Gasteiger partial charge is 0.343 e. The molecule has 2 rings (SSSR count). The van der Waals surface area contributed by atoms with Crippen molar-refractivity contribution in [3.63, 3.8) is 0 Å². The fraction of sp³-hybridized carbons (Fsp3) is 0.238. The lowest BCUT2D eigenvalue weighted by atomic mass is 10.0. The van der Waals surface area contributed by atoms with Crippen LogP contribution in [0.2, 0.25) is 0 Å². The van der Waals surface area contributed by atoms with Gasteiger partial charge in [0.05, 0.1) is 6.54 Å². The van der Waals surface area contributed by atoms with Crippen LogP contribution < -0.4 is 10.6 Å². The van der Waals surface area contributed by atoms with Gasteiger partial charge in [-0.15, -0.1) is 0 Å². The van der Waals surface area contributed by atoms with E-state index in [-0.39, 0.29) is 12.5 Å². The van der Waals surface area contributed by atoms with E-state index < -0.39 is 35.1 Å². The molecule has 2 aromatic rings. The predicted molar refractivity (Wildman–Crippen MR) is 98.8 cm³/mol. The minimum atomic E-state index is -0.982. The van der Waals surface area contributed by atoms with Crippen LogP contribution >= 0.6 is 0 Å². The Balaban J connectivity index is 2.01.